The number of nitrogens with one attached hydrogen (secondary N) is 1. The second kappa shape index (κ2) is 8.48. The Morgan fingerprint density at radius 3 is 2.54 bits per heavy atom. The van der Waals surface area contributed by atoms with Gasteiger partial charge in [0.15, 0.2) is 0 Å². The van der Waals surface area contributed by atoms with Gasteiger partial charge < -0.3 is 10.1 Å². The van der Waals surface area contributed by atoms with E-state index in [4.69, 9.17) is 4.74 Å². The topological polar surface area (TPSA) is 24.5 Å². The fourth-order valence-electron chi connectivity index (χ4n) is 1.32. The van der Waals surface area contributed by atoms with Gasteiger partial charge in [-0.1, -0.05) is 6.92 Å². The first kappa shape index (κ1) is 12.9. The molecule has 0 saturated carbocycles. The van der Waals surface area contributed by atoms with Gasteiger partial charge in [0.1, 0.15) is 0 Å². The summed E-state index contributed by atoms with van der Waals surface area (Å²) in [5.41, 5.74) is 0. The molecular formula is C10H24N2O. The largest absolute Gasteiger partial charge is 0.380 e. The summed E-state index contributed by atoms with van der Waals surface area (Å²) in [4.78, 5) is 2.44. The van der Waals surface area contributed by atoms with Gasteiger partial charge in [-0.15, -0.1) is 0 Å². The normalized spacial score (nSPS) is 13.6. The average Bonchev–Trinajstić information content (AvgIpc) is 2.14. The van der Waals surface area contributed by atoms with E-state index < -0.39 is 0 Å². The van der Waals surface area contributed by atoms with Crippen molar-refractivity contribution in [2.75, 3.05) is 40.3 Å². The summed E-state index contributed by atoms with van der Waals surface area (Å²) in [6, 6.07) is 0. The summed E-state index contributed by atoms with van der Waals surface area (Å²) in [5, 5.41) is 3.17. The van der Waals surface area contributed by atoms with Crippen LogP contribution in [0.15, 0.2) is 0 Å². The zero-order valence-corrected chi connectivity index (χ0v) is 9.47. The lowest BCUT2D eigenvalue weighted by Crippen LogP contribution is -2.37. The maximum absolute atomic E-state index is 5.24. The molecule has 13 heavy (non-hydrogen) atoms. The molecule has 3 nitrogen and oxygen atoms in total. The van der Waals surface area contributed by atoms with Crippen LogP contribution in [0.5, 0.6) is 0 Å². The van der Waals surface area contributed by atoms with E-state index >= 15 is 0 Å². The van der Waals surface area contributed by atoms with Gasteiger partial charge in [-0.2, -0.15) is 0 Å². The summed E-state index contributed by atoms with van der Waals surface area (Å²) in [5.74, 6) is 0. The van der Waals surface area contributed by atoms with Crippen LogP contribution in [0.1, 0.15) is 20.3 Å². The van der Waals surface area contributed by atoms with Crippen molar-refractivity contribution < 1.29 is 4.74 Å². The Bertz CT molecular complexity index is 109. The molecule has 0 aromatic heterocycles. The Labute approximate surface area is 82.4 Å². The van der Waals surface area contributed by atoms with Gasteiger partial charge in [0, 0.05) is 26.7 Å². The highest BCUT2D eigenvalue weighted by Crippen LogP contribution is 1.96. The number of hydrogen-bond donors (Lipinski definition) is 1. The maximum Gasteiger partial charge on any atom is 0.0670 e. The highest BCUT2D eigenvalue weighted by atomic mass is 16.5. The monoisotopic (exact) mass is 188 g/mol. The number of rotatable bonds is 8. The first-order valence-electron chi connectivity index (χ1n) is 5.14. The Morgan fingerprint density at radius 2 is 2.08 bits per heavy atom. The first-order valence-corrected chi connectivity index (χ1v) is 5.14. The molecule has 0 fully saturated rings. The van der Waals surface area contributed by atoms with E-state index in [9.17, 15) is 0 Å². The lowest BCUT2D eigenvalue weighted by Gasteiger charge is -2.24. The second-order valence-electron chi connectivity index (χ2n) is 3.45. The molecule has 0 aromatic carbocycles. The van der Waals surface area contributed by atoms with E-state index in [2.05, 4.69) is 24.1 Å². The van der Waals surface area contributed by atoms with Crippen molar-refractivity contribution in [3.63, 3.8) is 0 Å². The third-order valence-corrected chi connectivity index (χ3v) is 2.14. The van der Waals surface area contributed by atoms with E-state index in [1.807, 2.05) is 7.05 Å². The molecule has 0 aliphatic heterocycles. The molecule has 1 atom stereocenters. The van der Waals surface area contributed by atoms with Crippen molar-refractivity contribution >= 4 is 0 Å². The van der Waals surface area contributed by atoms with Gasteiger partial charge in [0.2, 0.25) is 0 Å². The molecule has 0 rings (SSSR count). The average molecular weight is 188 g/mol. The lowest BCUT2D eigenvalue weighted by molar-refractivity contribution is 0.0774. The molecule has 1 N–H and O–H groups in total. The zero-order valence-electron chi connectivity index (χ0n) is 9.47. The minimum atomic E-state index is 0.336. The van der Waals surface area contributed by atoms with Crippen LogP contribution < -0.4 is 5.32 Å². The minimum Gasteiger partial charge on any atom is -0.380 e. The Kier molecular flexibility index (Phi) is 8.40. The van der Waals surface area contributed by atoms with Gasteiger partial charge in [-0.3, -0.25) is 4.90 Å². The fourth-order valence-corrected chi connectivity index (χ4v) is 1.32. The predicted molar refractivity (Wildman–Crippen MR) is 57.1 cm³/mol. The molecule has 0 amide bonds. The van der Waals surface area contributed by atoms with Gasteiger partial charge >= 0.3 is 0 Å². The van der Waals surface area contributed by atoms with Crippen molar-refractivity contribution in [3.05, 3.63) is 0 Å². The molecule has 0 aliphatic rings. The molecule has 0 aliphatic carbocycles. The quantitative estimate of drug-likeness (QED) is 0.614. The van der Waals surface area contributed by atoms with E-state index in [1.54, 1.807) is 7.11 Å². The molecule has 80 valence electrons. The molecule has 0 saturated heterocycles. The Morgan fingerprint density at radius 1 is 1.38 bits per heavy atom. The van der Waals surface area contributed by atoms with Crippen LogP contribution in [0.25, 0.3) is 0 Å². The van der Waals surface area contributed by atoms with E-state index in [0.29, 0.717) is 6.10 Å². The van der Waals surface area contributed by atoms with E-state index in [0.717, 1.165) is 26.2 Å². The molecule has 0 bridgehead atoms. The highest BCUT2D eigenvalue weighted by Gasteiger charge is 2.07. The number of hydrogen-bond acceptors (Lipinski definition) is 3. The van der Waals surface area contributed by atoms with Crippen LogP contribution in [-0.4, -0.2) is 51.3 Å². The highest BCUT2D eigenvalue weighted by molar-refractivity contribution is 4.62. The van der Waals surface area contributed by atoms with Crippen LogP contribution in [0, 0.1) is 0 Å². The van der Waals surface area contributed by atoms with Crippen LogP contribution in [0.4, 0.5) is 0 Å². The van der Waals surface area contributed by atoms with Gasteiger partial charge in [-0.05, 0) is 26.9 Å². The zero-order chi connectivity index (χ0) is 10.1. The van der Waals surface area contributed by atoms with Crippen molar-refractivity contribution in [2.24, 2.45) is 0 Å². The molecular weight excluding hydrogens is 164 g/mol. The summed E-state index contributed by atoms with van der Waals surface area (Å²) < 4.78 is 5.24. The smallest absolute Gasteiger partial charge is 0.0670 e. The third-order valence-electron chi connectivity index (χ3n) is 2.14. The van der Waals surface area contributed by atoms with Crippen LogP contribution in [0.2, 0.25) is 0 Å². The van der Waals surface area contributed by atoms with E-state index in [-0.39, 0.29) is 0 Å². The summed E-state index contributed by atoms with van der Waals surface area (Å²) in [6.07, 6.45) is 1.54. The van der Waals surface area contributed by atoms with Crippen molar-refractivity contribution in [1.29, 1.82) is 0 Å². The lowest BCUT2D eigenvalue weighted by atomic mass is 10.3. The van der Waals surface area contributed by atoms with Crippen LogP contribution in [0.3, 0.4) is 0 Å². The molecule has 0 aromatic rings. The molecule has 1 unspecified atom stereocenters. The summed E-state index contributed by atoms with van der Waals surface area (Å²) >= 11 is 0. The molecule has 0 radical (unpaired) electrons. The summed E-state index contributed by atoms with van der Waals surface area (Å²) in [7, 11) is 3.76. The molecule has 0 spiro atoms. The first-order chi connectivity index (χ1) is 6.24. The third kappa shape index (κ3) is 6.99. The number of likely N-dealkylation sites (N-methyl/N-ethyl adjacent to an activating group) is 1. The standard InChI is InChI=1S/C10H24N2O/c1-5-7-12(8-6-11-3)9-10(2)13-4/h10-11H,5-9H2,1-4H3. The van der Waals surface area contributed by atoms with Crippen LogP contribution >= 0.6 is 0 Å². The van der Waals surface area contributed by atoms with E-state index in [1.165, 1.54) is 6.42 Å². The van der Waals surface area contributed by atoms with Gasteiger partial charge in [-0.25, -0.2) is 0 Å². The van der Waals surface area contributed by atoms with Crippen molar-refractivity contribution in [3.8, 4) is 0 Å². The van der Waals surface area contributed by atoms with Crippen molar-refractivity contribution in [1.82, 2.24) is 10.2 Å². The number of nitrogens with zero attached hydrogens (tertiary/aromatic N) is 1. The van der Waals surface area contributed by atoms with Crippen molar-refractivity contribution in [2.45, 2.75) is 26.4 Å². The van der Waals surface area contributed by atoms with Gasteiger partial charge in [0.05, 0.1) is 6.10 Å². The predicted octanol–water partition coefficient (Wildman–Crippen LogP) is 0.953. The Balaban J connectivity index is 3.65. The summed E-state index contributed by atoms with van der Waals surface area (Å²) in [6.45, 7) is 8.68. The Hall–Kier alpha value is -0.120. The fraction of sp³-hybridized carbons (Fsp3) is 1.00. The number of methoxy groups -OCH3 is 1. The number of ether oxygens (including phenoxy) is 1. The second-order valence-corrected chi connectivity index (χ2v) is 3.45. The van der Waals surface area contributed by atoms with Gasteiger partial charge in [0.25, 0.3) is 0 Å². The maximum atomic E-state index is 5.24. The van der Waals surface area contributed by atoms with Crippen LogP contribution in [-0.2, 0) is 4.74 Å². The SMILES string of the molecule is CCCN(CCNC)CC(C)OC. The minimum absolute atomic E-state index is 0.336. The molecule has 0 heterocycles. The molecule has 3 heteroatoms.